The summed E-state index contributed by atoms with van der Waals surface area (Å²) in [5.74, 6) is -0.268. The number of anilines is 1. The molecule has 0 spiro atoms. The Labute approximate surface area is 181 Å². The van der Waals surface area contributed by atoms with Gasteiger partial charge in [-0.25, -0.2) is 9.97 Å². The number of benzene rings is 1. The first kappa shape index (κ1) is 19.6. The van der Waals surface area contributed by atoms with E-state index < -0.39 is 11.9 Å². The lowest BCUT2D eigenvalue weighted by atomic mass is 10.2. The average molecular weight is 431 g/mol. The first-order chi connectivity index (χ1) is 15.5. The van der Waals surface area contributed by atoms with Gasteiger partial charge in [0.25, 0.3) is 5.91 Å². The molecule has 0 bridgehead atoms. The number of halogens is 1. The molecule has 0 saturated heterocycles. The van der Waals surface area contributed by atoms with Crippen LogP contribution < -0.4 is 5.32 Å². The van der Waals surface area contributed by atoms with Gasteiger partial charge in [0.05, 0.1) is 6.20 Å². The van der Waals surface area contributed by atoms with Crippen molar-refractivity contribution in [1.82, 2.24) is 29.3 Å². The third kappa shape index (κ3) is 3.41. The molecular formula is C22H18FN7O2. The summed E-state index contributed by atoms with van der Waals surface area (Å²) in [5.41, 5.74) is 1.45. The molecule has 1 amide bonds. The maximum absolute atomic E-state index is 13.6. The summed E-state index contributed by atoms with van der Waals surface area (Å²) in [6.07, 6.45) is 4.12. The Morgan fingerprint density at radius 1 is 1.12 bits per heavy atom. The number of para-hydroxylation sites is 1. The van der Waals surface area contributed by atoms with E-state index in [-0.39, 0.29) is 11.8 Å². The Balaban J connectivity index is 1.52. The van der Waals surface area contributed by atoms with Gasteiger partial charge in [0, 0.05) is 11.4 Å². The van der Waals surface area contributed by atoms with Gasteiger partial charge in [-0.1, -0.05) is 18.2 Å². The van der Waals surface area contributed by atoms with Crippen molar-refractivity contribution in [2.75, 3.05) is 5.32 Å². The zero-order chi connectivity index (χ0) is 22.2. The number of carbonyl (C=O) groups is 1. The number of fused-ring (bicyclic) bond motifs is 1. The lowest BCUT2D eigenvalue weighted by Gasteiger charge is -2.10. The van der Waals surface area contributed by atoms with Crippen LogP contribution >= 0.6 is 0 Å². The second kappa shape index (κ2) is 7.73. The van der Waals surface area contributed by atoms with Gasteiger partial charge in [-0.3, -0.25) is 9.36 Å². The molecule has 0 aliphatic carbocycles. The van der Waals surface area contributed by atoms with E-state index in [1.165, 1.54) is 17.1 Å². The number of hydrogen-bond donors (Lipinski definition) is 1. The zero-order valence-electron chi connectivity index (χ0n) is 17.2. The topological polar surface area (TPSA) is 104 Å². The highest BCUT2D eigenvalue weighted by Crippen LogP contribution is 2.30. The summed E-state index contributed by atoms with van der Waals surface area (Å²) in [6.45, 7) is 4.03. The second-order valence-electron chi connectivity index (χ2n) is 7.40. The van der Waals surface area contributed by atoms with Gasteiger partial charge in [0.2, 0.25) is 11.7 Å². The Kier molecular flexibility index (Phi) is 4.74. The fraction of sp³-hybridized carbons (Fsp3) is 0.136. The SMILES string of the molecule is CC(C)n1cnnc1-c1cccc(NC(=O)c2oc3ccccc3c2-n2cnc(F)c2)n1. The van der Waals surface area contributed by atoms with Crippen LogP contribution in [-0.2, 0) is 0 Å². The van der Waals surface area contributed by atoms with Crippen LogP contribution in [0.1, 0.15) is 30.4 Å². The number of aromatic nitrogens is 6. The molecule has 0 atom stereocenters. The van der Waals surface area contributed by atoms with Gasteiger partial charge in [-0.15, -0.1) is 10.2 Å². The molecule has 1 N–H and O–H groups in total. The summed E-state index contributed by atoms with van der Waals surface area (Å²) in [6, 6.07) is 12.5. The Hall–Kier alpha value is -4.34. The molecule has 4 heterocycles. The van der Waals surface area contributed by atoms with Crippen LogP contribution in [-0.4, -0.2) is 35.2 Å². The number of pyridine rings is 1. The molecule has 32 heavy (non-hydrogen) atoms. The molecule has 5 rings (SSSR count). The quantitative estimate of drug-likeness (QED) is 0.446. The number of imidazole rings is 1. The highest BCUT2D eigenvalue weighted by Gasteiger charge is 2.23. The minimum absolute atomic E-state index is 0.0150. The number of nitrogens with one attached hydrogen (secondary N) is 1. The van der Waals surface area contributed by atoms with Crippen LogP contribution in [0.3, 0.4) is 0 Å². The van der Waals surface area contributed by atoms with E-state index in [9.17, 15) is 9.18 Å². The van der Waals surface area contributed by atoms with E-state index in [0.717, 1.165) is 0 Å². The molecule has 160 valence electrons. The predicted octanol–water partition coefficient (Wildman–Crippen LogP) is 4.24. The number of nitrogens with zero attached hydrogens (tertiary/aromatic N) is 6. The van der Waals surface area contributed by atoms with Gasteiger partial charge < -0.3 is 14.3 Å². The largest absolute Gasteiger partial charge is 0.449 e. The molecule has 0 saturated carbocycles. The zero-order valence-corrected chi connectivity index (χ0v) is 17.2. The standard InChI is InChI=1S/C22H18FN7O2/c1-13(2)30-12-25-28-21(30)15-7-5-9-18(26-15)27-22(31)20-19(29-10-17(23)24-11-29)14-6-3-4-8-16(14)32-20/h3-13H,1-2H3,(H,26,27,31). The van der Waals surface area contributed by atoms with Crippen LogP contribution in [0.4, 0.5) is 10.2 Å². The van der Waals surface area contributed by atoms with Crippen LogP contribution in [0.25, 0.3) is 28.2 Å². The number of rotatable bonds is 5. The van der Waals surface area contributed by atoms with E-state index in [4.69, 9.17) is 4.42 Å². The first-order valence-electron chi connectivity index (χ1n) is 9.91. The number of hydrogen-bond acceptors (Lipinski definition) is 6. The number of carbonyl (C=O) groups excluding carboxylic acids is 1. The third-order valence-electron chi connectivity index (χ3n) is 4.93. The highest BCUT2D eigenvalue weighted by molar-refractivity contribution is 6.09. The minimum Gasteiger partial charge on any atom is -0.449 e. The normalized spacial score (nSPS) is 11.4. The Morgan fingerprint density at radius 3 is 2.75 bits per heavy atom. The van der Waals surface area contributed by atoms with Gasteiger partial charge in [-0.2, -0.15) is 4.39 Å². The molecule has 1 aromatic carbocycles. The summed E-state index contributed by atoms with van der Waals surface area (Å²) in [4.78, 5) is 21.3. The highest BCUT2D eigenvalue weighted by atomic mass is 19.1. The van der Waals surface area contributed by atoms with E-state index in [1.54, 1.807) is 42.7 Å². The summed E-state index contributed by atoms with van der Waals surface area (Å²) < 4.78 is 22.7. The van der Waals surface area contributed by atoms with Crippen molar-refractivity contribution in [1.29, 1.82) is 0 Å². The fourth-order valence-corrected chi connectivity index (χ4v) is 3.47. The monoisotopic (exact) mass is 431 g/mol. The smallest absolute Gasteiger partial charge is 0.294 e. The van der Waals surface area contributed by atoms with Crippen molar-refractivity contribution in [3.05, 3.63) is 73.0 Å². The van der Waals surface area contributed by atoms with Crippen molar-refractivity contribution in [2.45, 2.75) is 19.9 Å². The molecule has 9 nitrogen and oxygen atoms in total. The summed E-state index contributed by atoms with van der Waals surface area (Å²) >= 11 is 0. The molecule has 0 aliphatic rings. The minimum atomic E-state index is -0.662. The lowest BCUT2D eigenvalue weighted by Crippen LogP contribution is -2.14. The second-order valence-corrected chi connectivity index (χ2v) is 7.40. The van der Waals surface area contributed by atoms with Gasteiger partial charge >= 0.3 is 0 Å². The summed E-state index contributed by atoms with van der Waals surface area (Å²) in [7, 11) is 0. The molecule has 4 aromatic heterocycles. The maximum atomic E-state index is 13.6. The van der Waals surface area contributed by atoms with Crippen molar-refractivity contribution < 1.29 is 13.6 Å². The Bertz CT molecular complexity index is 1430. The fourth-order valence-electron chi connectivity index (χ4n) is 3.47. The number of amides is 1. The van der Waals surface area contributed by atoms with Crippen LogP contribution in [0.5, 0.6) is 0 Å². The molecule has 0 aliphatic heterocycles. The maximum Gasteiger partial charge on any atom is 0.294 e. The van der Waals surface area contributed by atoms with Crippen LogP contribution in [0, 0.1) is 5.95 Å². The van der Waals surface area contributed by atoms with Crippen molar-refractivity contribution in [3.8, 4) is 17.2 Å². The Morgan fingerprint density at radius 2 is 1.97 bits per heavy atom. The molecule has 0 fully saturated rings. The van der Waals surface area contributed by atoms with Crippen molar-refractivity contribution in [2.24, 2.45) is 0 Å². The van der Waals surface area contributed by atoms with Gasteiger partial charge in [0.1, 0.15) is 35.4 Å². The van der Waals surface area contributed by atoms with E-state index in [1.807, 2.05) is 24.5 Å². The van der Waals surface area contributed by atoms with E-state index >= 15 is 0 Å². The van der Waals surface area contributed by atoms with E-state index in [0.29, 0.717) is 34.0 Å². The van der Waals surface area contributed by atoms with E-state index in [2.05, 4.69) is 25.5 Å². The van der Waals surface area contributed by atoms with Gasteiger partial charge in [-0.05, 0) is 38.1 Å². The van der Waals surface area contributed by atoms with Crippen molar-refractivity contribution in [3.63, 3.8) is 0 Å². The summed E-state index contributed by atoms with van der Waals surface area (Å²) in [5, 5.41) is 11.5. The molecule has 5 aromatic rings. The molecule has 10 heteroatoms. The van der Waals surface area contributed by atoms with Crippen LogP contribution in [0.15, 0.2) is 65.7 Å². The predicted molar refractivity (Wildman–Crippen MR) is 115 cm³/mol. The molecular weight excluding hydrogens is 413 g/mol. The third-order valence-corrected chi connectivity index (χ3v) is 4.93. The number of furan rings is 1. The molecule has 0 radical (unpaired) electrons. The van der Waals surface area contributed by atoms with Crippen LogP contribution in [0.2, 0.25) is 0 Å². The average Bonchev–Trinajstić information content (AvgIpc) is 3.51. The lowest BCUT2D eigenvalue weighted by molar-refractivity contribution is 0.0998. The molecule has 0 unspecified atom stereocenters. The van der Waals surface area contributed by atoms with Crippen molar-refractivity contribution >= 4 is 22.7 Å². The van der Waals surface area contributed by atoms with Gasteiger partial charge in [0.15, 0.2) is 5.82 Å². The first-order valence-corrected chi connectivity index (χ1v) is 9.91.